The van der Waals surface area contributed by atoms with Crippen LogP contribution in [-0.4, -0.2) is 27.0 Å². The molecule has 0 aliphatic rings. The normalized spacial score (nSPS) is 13.5. The number of hydrogen-bond donors (Lipinski definition) is 1. The minimum absolute atomic E-state index is 0.157. The highest BCUT2D eigenvalue weighted by molar-refractivity contribution is 7.90. The predicted molar refractivity (Wildman–Crippen MR) is 81.6 cm³/mol. The van der Waals surface area contributed by atoms with Crippen LogP contribution in [-0.2, 0) is 9.84 Å². The molecule has 0 saturated heterocycles. The van der Waals surface area contributed by atoms with E-state index in [2.05, 4.69) is 11.4 Å². The van der Waals surface area contributed by atoms with E-state index >= 15 is 0 Å². The second-order valence-corrected chi connectivity index (χ2v) is 7.56. The average Bonchev–Trinajstić information content (AvgIpc) is 2.30. The minimum atomic E-state index is -2.89. The number of nitrogens with one attached hydrogen (secondary N) is 1. The molecule has 5 heteroatoms. The fourth-order valence-electron chi connectivity index (χ4n) is 2.01. The van der Waals surface area contributed by atoms with E-state index in [0.717, 1.165) is 29.1 Å². The number of benzene rings is 1. The molecule has 108 valence electrons. The summed E-state index contributed by atoms with van der Waals surface area (Å²) in [5, 5.41) is 4.13. The average molecular weight is 304 g/mol. The Labute approximate surface area is 121 Å². The summed E-state index contributed by atoms with van der Waals surface area (Å²) in [6.45, 7) is 4.85. The molecule has 1 aromatic rings. The first kappa shape index (κ1) is 16.5. The van der Waals surface area contributed by atoms with Crippen LogP contribution in [0.1, 0.15) is 36.9 Å². The van der Waals surface area contributed by atoms with E-state index in [1.165, 1.54) is 6.26 Å². The van der Waals surface area contributed by atoms with Crippen molar-refractivity contribution in [3.05, 3.63) is 34.3 Å². The van der Waals surface area contributed by atoms with Gasteiger partial charge in [0, 0.05) is 23.1 Å². The molecule has 0 fully saturated rings. The molecule has 0 bridgehead atoms. The second-order valence-electron chi connectivity index (χ2n) is 4.89. The summed E-state index contributed by atoms with van der Waals surface area (Å²) in [4.78, 5) is 0. The molecular weight excluding hydrogens is 282 g/mol. The molecule has 0 aromatic heterocycles. The highest BCUT2D eigenvalue weighted by Crippen LogP contribution is 2.24. The van der Waals surface area contributed by atoms with Crippen molar-refractivity contribution >= 4 is 21.4 Å². The monoisotopic (exact) mass is 303 g/mol. The van der Waals surface area contributed by atoms with Gasteiger partial charge in [0.1, 0.15) is 9.84 Å². The van der Waals surface area contributed by atoms with Gasteiger partial charge in [0.05, 0.1) is 0 Å². The van der Waals surface area contributed by atoms with Crippen LogP contribution in [0.2, 0.25) is 5.02 Å². The molecule has 1 N–H and O–H groups in total. The molecule has 0 amide bonds. The van der Waals surface area contributed by atoms with Crippen LogP contribution in [0.25, 0.3) is 0 Å². The van der Waals surface area contributed by atoms with Gasteiger partial charge >= 0.3 is 0 Å². The van der Waals surface area contributed by atoms with Gasteiger partial charge in [-0.25, -0.2) is 8.42 Å². The maximum atomic E-state index is 11.2. The molecule has 0 heterocycles. The Morgan fingerprint density at radius 1 is 1.37 bits per heavy atom. The molecular formula is C14H22ClNO2S. The molecule has 1 aromatic carbocycles. The SMILES string of the molecule is CCNC(CCCS(C)(=O)=O)c1ccc(C)c(Cl)c1. The Kier molecular flexibility index (Phi) is 6.30. The minimum Gasteiger partial charge on any atom is -0.310 e. The Morgan fingerprint density at radius 3 is 2.58 bits per heavy atom. The molecule has 1 atom stereocenters. The van der Waals surface area contributed by atoms with Crippen molar-refractivity contribution in [2.24, 2.45) is 0 Å². The van der Waals surface area contributed by atoms with E-state index in [-0.39, 0.29) is 11.8 Å². The number of aryl methyl sites for hydroxylation is 1. The molecule has 3 nitrogen and oxygen atoms in total. The van der Waals surface area contributed by atoms with E-state index in [1.54, 1.807) is 0 Å². The smallest absolute Gasteiger partial charge is 0.147 e. The highest BCUT2D eigenvalue weighted by atomic mass is 35.5. The molecule has 1 unspecified atom stereocenters. The Balaban J connectivity index is 2.73. The molecule has 0 aliphatic carbocycles. The van der Waals surface area contributed by atoms with E-state index in [9.17, 15) is 8.42 Å². The highest BCUT2D eigenvalue weighted by Gasteiger charge is 2.12. The fourth-order valence-corrected chi connectivity index (χ4v) is 2.89. The lowest BCUT2D eigenvalue weighted by atomic mass is 10.0. The topological polar surface area (TPSA) is 46.2 Å². The Hall–Kier alpha value is -0.580. The van der Waals surface area contributed by atoms with Gasteiger partial charge in [0.15, 0.2) is 0 Å². The summed E-state index contributed by atoms with van der Waals surface area (Å²) in [7, 11) is -2.89. The first-order valence-corrected chi connectivity index (χ1v) is 8.94. The van der Waals surface area contributed by atoms with Crippen molar-refractivity contribution in [2.75, 3.05) is 18.6 Å². The van der Waals surface area contributed by atoms with Crippen LogP contribution in [0.4, 0.5) is 0 Å². The maximum absolute atomic E-state index is 11.2. The van der Waals surface area contributed by atoms with E-state index in [4.69, 9.17) is 11.6 Å². The van der Waals surface area contributed by atoms with Crippen LogP contribution >= 0.6 is 11.6 Å². The summed E-state index contributed by atoms with van der Waals surface area (Å²) in [6.07, 6.45) is 2.72. The lowest BCUT2D eigenvalue weighted by Gasteiger charge is -2.19. The summed E-state index contributed by atoms with van der Waals surface area (Å²) in [6, 6.07) is 6.17. The van der Waals surface area contributed by atoms with Crippen molar-refractivity contribution in [1.82, 2.24) is 5.32 Å². The van der Waals surface area contributed by atoms with Crippen LogP contribution in [0, 0.1) is 6.92 Å². The fraction of sp³-hybridized carbons (Fsp3) is 0.571. The van der Waals surface area contributed by atoms with Gasteiger partial charge < -0.3 is 5.32 Å². The summed E-state index contributed by atoms with van der Waals surface area (Å²) < 4.78 is 22.3. The summed E-state index contributed by atoms with van der Waals surface area (Å²) >= 11 is 6.14. The molecule has 0 aliphatic heterocycles. The van der Waals surface area contributed by atoms with Crippen LogP contribution in [0.15, 0.2) is 18.2 Å². The van der Waals surface area contributed by atoms with Gasteiger partial charge in [-0.3, -0.25) is 0 Å². The van der Waals surface area contributed by atoms with Crippen molar-refractivity contribution < 1.29 is 8.42 Å². The van der Waals surface area contributed by atoms with Gasteiger partial charge in [-0.05, 0) is 43.5 Å². The van der Waals surface area contributed by atoms with Gasteiger partial charge in [0.2, 0.25) is 0 Å². The maximum Gasteiger partial charge on any atom is 0.147 e. The summed E-state index contributed by atoms with van der Waals surface area (Å²) in [5.41, 5.74) is 2.17. The molecule has 0 radical (unpaired) electrons. The van der Waals surface area contributed by atoms with Gasteiger partial charge in [-0.2, -0.15) is 0 Å². The molecule has 19 heavy (non-hydrogen) atoms. The zero-order valence-electron chi connectivity index (χ0n) is 11.7. The van der Waals surface area contributed by atoms with Gasteiger partial charge in [0.25, 0.3) is 0 Å². The zero-order chi connectivity index (χ0) is 14.5. The van der Waals surface area contributed by atoms with Crippen LogP contribution in [0.3, 0.4) is 0 Å². The number of sulfone groups is 1. The number of hydrogen-bond acceptors (Lipinski definition) is 3. The van der Waals surface area contributed by atoms with Gasteiger partial charge in [-0.15, -0.1) is 0 Å². The Bertz CT molecular complexity index is 514. The standard InChI is InChI=1S/C14H22ClNO2S/c1-4-16-14(6-5-9-19(3,17)18)12-8-7-11(2)13(15)10-12/h7-8,10,14,16H,4-6,9H2,1-3H3. The quantitative estimate of drug-likeness (QED) is 0.842. The lowest BCUT2D eigenvalue weighted by molar-refractivity contribution is 0.507. The van der Waals surface area contributed by atoms with Crippen LogP contribution < -0.4 is 5.32 Å². The van der Waals surface area contributed by atoms with E-state index in [1.807, 2.05) is 26.0 Å². The molecule has 1 rings (SSSR count). The third-order valence-corrected chi connectivity index (χ3v) is 4.49. The van der Waals surface area contributed by atoms with Crippen LogP contribution in [0.5, 0.6) is 0 Å². The third-order valence-electron chi connectivity index (χ3n) is 3.06. The van der Waals surface area contributed by atoms with E-state index in [0.29, 0.717) is 6.42 Å². The third kappa shape index (κ3) is 5.93. The Morgan fingerprint density at radius 2 is 2.05 bits per heavy atom. The number of halogens is 1. The summed E-state index contributed by atoms with van der Waals surface area (Å²) in [5.74, 6) is 0.231. The van der Waals surface area contributed by atoms with Gasteiger partial charge in [-0.1, -0.05) is 30.7 Å². The largest absolute Gasteiger partial charge is 0.310 e. The zero-order valence-corrected chi connectivity index (χ0v) is 13.3. The first-order chi connectivity index (χ1) is 8.83. The number of rotatable bonds is 7. The predicted octanol–water partition coefficient (Wildman–Crippen LogP) is 3.12. The molecule has 0 spiro atoms. The van der Waals surface area contributed by atoms with Crippen molar-refractivity contribution in [3.63, 3.8) is 0 Å². The first-order valence-electron chi connectivity index (χ1n) is 6.50. The van der Waals surface area contributed by atoms with Crippen molar-refractivity contribution in [3.8, 4) is 0 Å². The lowest BCUT2D eigenvalue weighted by Crippen LogP contribution is -2.21. The van der Waals surface area contributed by atoms with E-state index < -0.39 is 9.84 Å². The second kappa shape index (κ2) is 7.27. The van der Waals surface area contributed by atoms with Crippen molar-refractivity contribution in [2.45, 2.75) is 32.7 Å². The molecule has 0 saturated carbocycles. The van der Waals surface area contributed by atoms with Crippen molar-refractivity contribution in [1.29, 1.82) is 0 Å².